The van der Waals surface area contributed by atoms with Gasteiger partial charge in [0.2, 0.25) is 0 Å². The summed E-state index contributed by atoms with van der Waals surface area (Å²) in [6, 6.07) is 2.12. The fourth-order valence-electron chi connectivity index (χ4n) is 2.08. The van der Waals surface area contributed by atoms with Crippen LogP contribution >= 0.6 is 0 Å². The Bertz CT molecular complexity index is 432. The van der Waals surface area contributed by atoms with E-state index in [0.717, 1.165) is 31.5 Å². The first-order valence-corrected chi connectivity index (χ1v) is 6.87. The van der Waals surface area contributed by atoms with Gasteiger partial charge in [-0.3, -0.25) is 9.78 Å². The lowest BCUT2D eigenvalue weighted by molar-refractivity contribution is 0.0708. The Morgan fingerprint density at radius 2 is 2.37 bits per heavy atom. The molecule has 104 valence electrons. The second-order valence-electron chi connectivity index (χ2n) is 4.80. The first kappa shape index (κ1) is 13.8. The third-order valence-corrected chi connectivity index (χ3v) is 3.21. The first-order valence-electron chi connectivity index (χ1n) is 6.87. The highest BCUT2D eigenvalue weighted by Crippen LogP contribution is 2.29. The number of nitrogens with zero attached hydrogens (tertiary/aromatic N) is 2. The highest BCUT2D eigenvalue weighted by atomic mass is 16.3. The molecule has 1 aromatic rings. The van der Waals surface area contributed by atoms with Gasteiger partial charge >= 0.3 is 0 Å². The third-order valence-electron chi connectivity index (χ3n) is 3.21. The van der Waals surface area contributed by atoms with Crippen molar-refractivity contribution in [2.24, 2.45) is 0 Å². The molecule has 1 fully saturated rings. The molecule has 1 aromatic heterocycles. The van der Waals surface area contributed by atoms with Gasteiger partial charge in [-0.05, 0) is 25.3 Å². The number of hydrogen-bond donors (Lipinski definition) is 2. The summed E-state index contributed by atoms with van der Waals surface area (Å²) < 4.78 is 0. The summed E-state index contributed by atoms with van der Waals surface area (Å²) in [7, 11) is 0. The maximum atomic E-state index is 12.5. The van der Waals surface area contributed by atoms with E-state index < -0.39 is 0 Å². The van der Waals surface area contributed by atoms with Crippen molar-refractivity contribution in [3.05, 3.63) is 24.0 Å². The largest absolute Gasteiger partial charge is 0.395 e. The SMILES string of the molecule is CCCNc1ccncc1C(=O)N(CCO)C1CC1. The van der Waals surface area contributed by atoms with Crippen LogP contribution < -0.4 is 5.32 Å². The molecule has 1 heterocycles. The van der Waals surface area contributed by atoms with Crippen molar-refractivity contribution >= 4 is 11.6 Å². The number of pyridine rings is 1. The van der Waals surface area contributed by atoms with Crippen LogP contribution in [0.2, 0.25) is 0 Å². The van der Waals surface area contributed by atoms with Crippen molar-refractivity contribution in [1.82, 2.24) is 9.88 Å². The molecule has 0 aliphatic heterocycles. The van der Waals surface area contributed by atoms with Crippen molar-refractivity contribution in [3.8, 4) is 0 Å². The van der Waals surface area contributed by atoms with Gasteiger partial charge in [-0.25, -0.2) is 0 Å². The van der Waals surface area contributed by atoms with E-state index in [9.17, 15) is 4.79 Å². The topological polar surface area (TPSA) is 65.5 Å². The number of anilines is 1. The lowest BCUT2D eigenvalue weighted by Crippen LogP contribution is -2.36. The molecule has 2 rings (SSSR count). The summed E-state index contributed by atoms with van der Waals surface area (Å²) in [5.41, 5.74) is 1.42. The molecule has 0 saturated heterocycles. The van der Waals surface area contributed by atoms with Crippen LogP contribution in [-0.2, 0) is 0 Å². The van der Waals surface area contributed by atoms with Crippen molar-refractivity contribution in [3.63, 3.8) is 0 Å². The fraction of sp³-hybridized carbons (Fsp3) is 0.571. The summed E-state index contributed by atoms with van der Waals surface area (Å²) in [5.74, 6) is -0.0387. The highest BCUT2D eigenvalue weighted by Gasteiger charge is 2.33. The van der Waals surface area contributed by atoms with Crippen molar-refractivity contribution in [2.45, 2.75) is 32.2 Å². The molecule has 0 unspecified atom stereocenters. The Morgan fingerprint density at radius 3 is 3.00 bits per heavy atom. The van der Waals surface area contributed by atoms with E-state index >= 15 is 0 Å². The molecule has 0 spiro atoms. The molecule has 1 amide bonds. The number of aliphatic hydroxyl groups excluding tert-OH is 1. The molecule has 1 aliphatic carbocycles. The van der Waals surface area contributed by atoms with Gasteiger partial charge in [0, 0.05) is 31.5 Å². The van der Waals surface area contributed by atoms with E-state index in [4.69, 9.17) is 5.11 Å². The molecule has 19 heavy (non-hydrogen) atoms. The number of rotatable bonds is 7. The first-order chi connectivity index (χ1) is 9.27. The van der Waals surface area contributed by atoms with Gasteiger partial charge in [-0.1, -0.05) is 6.92 Å². The summed E-state index contributed by atoms with van der Waals surface area (Å²) in [5, 5.41) is 12.3. The Morgan fingerprint density at radius 1 is 1.58 bits per heavy atom. The van der Waals surface area contributed by atoms with Gasteiger partial charge < -0.3 is 15.3 Å². The summed E-state index contributed by atoms with van der Waals surface area (Å²) in [6.07, 6.45) is 6.35. The summed E-state index contributed by atoms with van der Waals surface area (Å²) >= 11 is 0. The molecule has 0 radical (unpaired) electrons. The molecule has 0 atom stereocenters. The van der Waals surface area contributed by atoms with Crippen LogP contribution in [0, 0.1) is 0 Å². The molecule has 1 saturated carbocycles. The monoisotopic (exact) mass is 263 g/mol. The van der Waals surface area contributed by atoms with Crippen LogP contribution in [0.3, 0.4) is 0 Å². The van der Waals surface area contributed by atoms with Crippen LogP contribution in [0.25, 0.3) is 0 Å². The molecule has 0 bridgehead atoms. The van der Waals surface area contributed by atoms with Crippen molar-refractivity contribution in [1.29, 1.82) is 0 Å². The standard InChI is InChI=1S/C14H21N3O2/c1-2-6-16-13-5-7-15-10-12(13)14(19)17(8-9-18)11-3-4-11/h5,7,10-11,18H,2-4,6,8-9H2,1H3,(H,15,16). The smallest absolute Gasteiger partial charge is 0.257 e. The molecular formula is C14H21N3O2. The minimum atomic E-state index is -0.0387. The minimum absolute atomic E-state index is 0.000222. The minimum Gasteiger partial charge on any atom is -0.395 e. The van der Waals surface area contributed by atoms with Gasteiger partial charge in [-0.15, -0.1) is 0 Å². The fourth-order valence-corrected chi connectivity index (χ4v) is 2.08. The molecule has 0 aromatic carbocycles. The van der Waals surface area contributed by atoms with Gasteiger partial charge in [0.1, 0.15) is 0 Å². The van der Waals surface area contributed by atoms with Gasteiger partial charge in [0.15, 0.2) is 0 Å². The highest BCUT2D eigenvalue weighted by molar-refractivity contribution is 5.99. The van der Waals surface area contributed by atoms with Crippen LogP contribution in [0.4, 0.5) is 5.69 Å². The number of nitrogens with one attached hydrogen (secondary N) is 1. The predicted octanol–water partition coefficient (Wildman–Crippen LogP) is 1.50. The van der Waals surface area contributed by atoms with E-state index in [1.54, 1.807) is 17.3 Å². The average molecular weight is 263 g/mol. The third kappa shape index (κ3) is 3.44. The maximum absolute atomic E-state index is 12.5. The molecule has 5 nitrogen and oxygen atoms in total. The lowest BCUT2D eigenvalue weighted by atomic mass is 10.2. The number of amides is 1. The Balaban J connectivity index is 2.16. The Kier molecular flexibility index (Phi) is 4.74. The van der Waals surface area contributed by atoms with Crippen LogP contribution in [0.5, 0.6) is 0 Å². The Hall–Kier alpha value is -1.62. The van der Waals surface area contributed by atoms with Crippen molar-refractivity contribution in [2.75, 3.05) is 25.0 Å². The zero-order chi connectivity index (χ0) is 13.7. The summed E-state index contributed by atoms with van der Waals surface area (Å²) in [6.45, 7) is 3.30. The molecular weight excluding hydrogens is 242 g/mol. The van der Waals surface area contributed by atoms with E-state index in [-0.39, 0.29) is 12.5 Å². The van der Waals surface area contributed by atoms with Crippen LogP contribution in [0.1, 0.15) is 36.5 Å². The number of aliphatic hydroxyl groups is 1. The number of carbonyl (C=O) groups excluding carboxylic acids is 1. The quantitative estimate of drug-likeness (QED) is 0.782. The van der Waals surface area contributed by atoms with Crippen LogP contribution in [0.15, 0.2) is 18.5 Å². The van der Waals surface area contributed by atoms with Gasteiger partial charge in [-0.2, -0.15) is 0 Å². The lowest BCUT2D eigenvalue weighted by Gasteiger charge is -2.22. The number of carbonyl (C=O) groups is 1. The van der Waals surface area contributed by atoms with Gasteiger partial charge in [0.25, 0.3) is 5.91 Å². The van der Waals surface area contributed by atoms with Crippen LogP contribution in [-0.4, -0.2) is 46.6 Å². The second kappa shape index (κ2) is 6.52. The second-order valence-corrected chi connectivity index (χ2v) is 4.80. The van der Waals surface area contributed by atoms with E-state index in [1.165, 1.54) is 0 Å². The molecule has 1 aliphatic rings. The average Bonchev–Trinajstić information content (AvgIpc) is 3.26. The van der Waals surface area contributed by atoms with E-state index in [1.807, 2.05) is 6.07 Å². The number of aromatic nitrogens is 1. The molecule has 2 N–H and O–H groups in total. The predicted molar refractivity (Wildman–Crippen MR) is 74.2 cm³/mol. The van der Waals surface area contributed by atoms with E-state index in [0.29, 0.717) is 18.2 Å². The van der Waals surface area contributed by atoms with E-state index in [2.05, 4.69) is 17.2 Å². The summed E-state index contributed by atoms with van der Waals surface area (Å²) in [4.78, 5) is 18.3. The number of hydrogen-bond acceptors (Lipinski definition) is 4. The van der Waals surface area contributed by atoms with Gasteiger partial charge in [0.05, 0.1) is 17.9 Å². The normalized spacial score (nSPS) is 14.2. The Labute approximate surface area is 113 Å². The van der Waals surface area contributed by atoms with Crippen molar-refractivity contribution < 1.29 is 9.90 Å². The zero-order valence-electron chi connectivity index (χ0n) is 11.3. The molecule has 5 heteroatoms. The zero-order valence-corrected chi connectivity index (χ0v) is 11.3. The maximum Gasteiger partial charge on any atom is 0.257 e.